The molecule has 0 spiro atoms. The van der Waals surface area contributed by atoms with Crippen molar-refractivity contribution >= 4 is 72.8 Å². The number of alkyl halides is 2. The van der Waals surface area contributed by atoms with Crippen LogP contribution in [0.3, 0.4) is 0 Å². The molecule has 1 saturated carbocycles. The van der Waals surface area contributed by atoms with Gasteiger partial charge >= 0.3 is 0 Å². The highest BCUT2D eigenvalue weighted by atomic mass is 79.9. The summed E-state index contributed by atoms with van der Waals surface area (Å²) in [6.45, 7) is 0.0605. The van der Waals surface area contributed by atoms with Crippen LogP contribution in [0.5, 0.6) is 0 Å². The monoisotopic (exact) mass is 586 g/mol. The van der Waals surface area contributed by atoms with Crippen LogP contribution in [0.15, 0.2) is 48.5 Å². The van der Waals surface area contributed by atoms with E-state index < -0.39 is 17.7 Å². The lowest BCUT2D eigenvalue weighted by atomic mass is 9.81. The quantitative estimate of drug-likeness (QED) is 0.351. The van der Waals surface area contributed by atoms with Gasteiger partial charge in [-0.15, -0.1) is 0 Å². The van der Waals surface area contributed by atoms with Crippen molar-refractivity contribution in [1.29, 1.82) is 0 Å². The Bertz CT molecular complexity index is 988. The number of halogens is 4. The fourth-order valence-corrected chi connectivity index (χ4v) is 5.54. The summed E-state index contributed by atoms with van der Waals surface area (Å²) >= 11 is 19.1. The second-order valence-electron chi connectivity index (χ2n) is 7.70. The Kier molecular flexibility index (Phi) is 6.77. The van der Waals surface area contributed by atoms with Crippen molar-refractivity contribution in [1.82, 2.24) is 10.0 Å². The standard InChI is InChI=1S/C22H18Br2Cl2N2O3/c23-18-9-16-17(10-19(18)24)22(31)28(21(16)30)27(11-12-1-5-14(25)6-2-12)20(29)13-3-7-15(26)8-4-13/h1-8,16-19H,9-11H2/t16-,17+,18-,19-/m0/s1. The predicted molar refractivity (Wildman–Crippen MR) is 126 cm³/mol. The van der Waals surface area contributed by atoms with Gasteiger partial charge in [0.25, 0.3) is 17.7 Å². The van der Waals surface area contributed by atoms with Crippen LogP contribution in [0.4, 0.5) is 0 Å². The Morgan fingerprint density at radius 2 is 1.32 bits per heavy atom. The molecule has 0 bridgehead atoms. The normalized spacial score (nSPS) is 25.5. The molecule has 5 nitrogen and oxygen atoms in total. The van der Waals surface area contributed by atoms with Gasteiger partial charge in [0.05, 0.1) is 18.4 Å². The minimum Gasteiger partial charge on any atom is -0.272 e. The summed E-state index contributed by atoms with van der Waals surface area (Å²) in [6.07, 6.45) is 1.07. The van der Waals surface area contributed by atoms with Crippen LogP contribution in [0, 0.1) is 11.8 Å². The molecule has 162 valence electrons. The lowest BCUT2D eigenvalue weighted by Gasteiger charge is -2.30. The van der Waals surface area contributed by atoms with Crippen LogP contribution in [-0.4, -0.2) is 37.4 Å². The summed E-state index contributed by atoms with van der Waals surface area (Å²) in [5.74, 6) is -2.02. The molecule has 9 heteroatoms. The van der Waals surface area contributed by atoms with Gasteiger partial charge < -0.3 is 0 Å². The maximum absolute atomic E-state index is 13.4. The number of amides is 3. The molecular weight excluding hydrogens is 571 g/mol. The second kappa shape index (κ2) is 9.22. The van der Waals surface area contributed by atoms with Crippen LogP contribution in [-0.2, 0) is 16.1 Å². The van der Waals surface area contributed by atoms with Crippen LogP contribution in [0.25, 0.3) is 0 Å². The first-order valence-electron chi connectivity index (χ1n) is 9.74. The van der Waals surface area contributed by atoms with Crippen molar-refractivity contribution in [2.24, 2.45) is 11.8 Å². The highest BCUT2D eigenvalue weighted by molar-refractivity contribution is 9.12. The van der Waals surface area contributed by atoms with Crippen LogP contribution >= 0.6 is 55.1 Å². The van der Waals surface area contributed by atoms with E-state index in [1.54, 1.807) is 48.5 Å². The fourth-order valence-electron chi connectivity index (χ4n) is 4.05. The van der Waals surface area contributed by atoms with E-state index in [0.29, 0.717) is 28.5 Å². The van der Waals surface area contributed by atoms with Gasteiger partial charge in [-0.05, 0) is 54.8 Å². The van der Waals surface area contributed by atoms with Crippen molar-refractivity contribution in [2.45, 2.75) is 29.0 Å². The third kappa shape index (κ3) is 4.56. The SMILES string of the molecule is O=C(c1ccc(Cl)cc1)N(Cc1ccc(Cl)cc1)N1C(=O)[C@H]2C[C@H](Br)[C@@H](Br)C[C@H]2C1=O. The summed E-state index contributed by atoms with van der Waals surface area (Å²) in [4.78, 5) is 40.2. The molecule has 2 aliphatic rings. The minimum atomic E-state index is -0.448. The van der Waals surface area contributed by atoms with Crippen LogP contribution in [0.1, 0.15) is 28.8 Å². The minimum absolute atomic E-state index is 0.0605. The molecule has 0 unspecified atom stereocenters. The maximum Gasteiger partial charge on any atom is 0.273 e. The zero-order valence-corrected chi connectivity index (χ0v) is 20.9. The average Bonchev–Trinajstić information content (AvgIpc) is 2.98. The van der Waals surface area contributed by atoms with Gasteiger partial charge in [-0.3, -0.25) is 14.4 Å². The summed E-state index contributed by atoms with van der Waals surface area (Å²) in [6, 6.07) is 13.3. The number of carbonyl (C=O) groups excluding carboxylic acids is 3. The van der Waals surface area contributed by atoms with Crippen molar-refractivity contribution in [3.05, 3.63) is 69.7 Å². The molecular formula is C22H18Br2Cl2N2O3. The molecule has 0 N–H and O–H groups in total. The lowest BCUT2D eigenvalue weighted by Crippen LogP contribution is -2.49. The number of carbonyl (C=O) groups is 3. The summed E-state index contributed by atoms with van der Waals surface area (Å²) in [5.41, 5.74) is 1.09. The number of rotatable bonds is 4. The zero-order valence-electron chi connectivity index (χ0n) is 16.2. The van der Waals surface area contributed by atoms with Gasteiger partial charge in [-0.1, -0.05) is 67.2 Å². The molecule has 1 saturated heterocycles. The smallest absolute Gasteiger partial charge is 0.272 e. The first kappa shape index (κ1) is 22.8. The molecule has 2 aromatic rings. The number of imide groups is 1. The van der Waals surface area contributed by atoms with E-state index in [9.17, 15) is 14.4 Å². The maximum atomic E-state index is 13.4. The number of hydrazine groups is 1. The number of nitrogens with zero attached hydrogens (tertiary/aromatic N) is 2. The number of fused-ring (bicyclic) bond motifs is 1. The Morgan fingerprint density at radius 1 is 0.871 bits per heavy atom. The number of hydrogen-bond acceptors (Lipinski definition) is 3. The van der Waals surface area contributed by atoms with Gasteiger partial charge in [0.2, 0.25) is 0 Å². The molecule has 4 rings (SSSR count). The summed E-state index contributed by atoms with van der Waals surface area (Å²) < 4.78 is 0. The van der Waals surface area contributed by atoms with E-state index in [1.165, 1.54) is 5.01 Å². The molecule has 1 heterocycles. The largest absolute Gasteiger partial charge is 0.273 e. The average molecular weight is 589 g/mol. The highest BCUT2D eigenvalue weighted by Gasteiger charge is 2.54. The number of hydrogen-bond donors (Lipinski definition) is 0. The van der Waals surface area contributed by atoms with Gasteiger partial charge in [0.15, 0.2) is 0 Å². The number of benzene rings is 2. The summed E-state index contributed by atoms with van der Waals surface area (Å²) in [7, 11) is 0. The van der Waals surface area contributed by atoms with Crippen molar-refractivity contribution in [3.8, 4) is 0 Å². The fraction of sp³-hybridized carbons (Fsp3) is 0.318. The van der Waals surface area contributed by atoms with Gasteiger partial charge in [-0.25, -0.2) is 5.01 Å². The molecule has 1 aliphatic carbocycles. The highest BCUT2D eigenvalue weighted by Crippen LogP contribution is 2.44. The molecule has 2 fully saturated rings. The third-order valence-electron chi connectivity index (χ3n) is 5.70. The second-order valence-corrected chi connectivity index (χ2v) is 10.9. The summed E-state index contributed by atoms with van der Waals surface area (Å²) in [5, 5.41) is 3.34. The van der Waals surface area contributed by atoms with Crippen molar-refractivity contribution < 1.29 is 14.4 Å². The van der Waals surface area contributed by atoms with E-state index >= 15 is 0 Å². The van der Waals surface area contributed by atoms with E-state index in [0.717, 1.165) is 10.6 Å². The van der Waals surface area contributed by atoms with Gasteiger partial charge in [0, 0.05) is 25.3 Å². The molecule has 31 heavy (non-hydrogen) atoms. The van der Waals surface area contributed by atoms with Crippen molar-refractivity contribution in [2.75, 3.05) is 0 Å². The predicted octanol–water partition coefficient (Wildman–Crippen LogP) is 5.47. The Labute approximate surface area is 206 Å². The van der Waals surface area contributed by atoms with E-state index in [1.807, 2.05) is 0 Å². The van der Waals surface area contributed by atoms with Crippen LogP contribution in [0.2, 0.25) is 10.0 Å². The Balaban J connectivity index is 1.70. The molecule has 4 atom stereocenters. The van der Waals surface area contributed by atoms with Gasteiger partial charge in [-0.2, -0.15) is 5.01 Å². The molecule has 0 aromatic heterocycles. The topological polar surface area (TPSA) is 57.7 Å². The van der Waals surface area contributed by atoms with E-state index in [-0.39, 0.29) is 28.0 Å². The van der Waals surface area contributed by atoms with Crippen LogP contribution < -0.4 is 0 Å². The lowest BCUT2D eigenvalue weighted by molar-refractivity contribution is -0.155. The van der Waals surface area contributed by atoms with E-state index in [2.05, 4.69) is 31.9 Å². The molecule has 3 amide bonds. The first-order valence-corrected chi connectivity index (χ1v) is 12.3. The van der Waals surface area contributed by atoms with Gasteiger partial charge in [0.1, 0.15) is 0 Å². The molecule has 1 aliphatic heterocycles. The van der Waals surface area contributed by atoms with Crippen molar-refractivity contribution in [3.63, 3.8) is 0 Å². The van der Waals surface area contributed by atoms with E-state index in [4.69, 9.17) is 23.2 Å². The third-order valence-corrected chi connectivity index (χ3v) is 8.94. The molecule has 2 aromatic carbocycles. The first-order chi connectivity index (χ1) is 14.8. The Morgan fingerprint density at radius 3 is 1.81 bits per heavy atom. The zero-order chi connectivity index (χ0) is 22.3. The Hall–Kier alpha value is -1.41. The molecule has 0 radical (unpaired) electrons.